The maximum Gasteiger partial charge on any atom is 0.303 e. The molecule has 0 spiro atoms. The van der Waals surface area contributed by atoms with E-state index in [1.165, 1.54) is 6.92 Å². The second kappa shape index (κ2) is 9.86. The molecule has 1 atom stereocenters. The van der Waals surface area contributed by atoms with Gasteiger partial charge in [-0.2, -0.15) is 0 Å². The van der Waals surface area contributed by atoms with Crippen LogP contribution in [0.3, 0.4) is 0 Å². The molecule has 1 unspecified atom stereocenters. The third-order valence-corrected chi connectivity index (χ3v) is 5.87. The van der Waals surface area contributed by atoms with Gasteiger partial charge in [0.2, 0.25) is 0 Å². The third kappa shape index (κ3) is 5.56. The number of hydrogen-bond donors (Lipinski definition) is 0. The number of nitrogens with zero attached hydrogens (tertiary/aromatic N) is 3. The number of aromatic nitrogens is 3. The van der Waals surface area contributed by atoms with E-state index in [1.54, 1.807) is 24.0 Å². The molecule has 0 saturated carbocycles. The average molecular weight is 464 g/mol. The van der Waals surface area contributed by atoms with Crippen molar-refractivity contribution < 1.29 is 9.53 Å². The van der Waals surface area contributed by atoms with Gasteiger partial charge in [-0.05, 0) is 42.7 Å². The Balaban J connectivity index is 2.13. The smallest absolute Gasteiger partial charge is 0.303 e. The normalized spacial score (nSPS) is 12.2. The van der Waals surface area contributed by atoms with E-state index in [1.807, 2.05) is 37.4 Å². The molecule has 158 valence electrons. The lowest BCUT2D eigenvalue weighted by Crippen LogP contribution is -2.13. The highest BCUT2D eigenvalue weighted by atomic mass is 35.5. The van der Waals surface area contributed by atoms with Crippen molar-refractivity contribution in [3.05, 3.63) is 69.9 Å². The van der Waals surface area contributed by atoms with Crippen molar-refractivity contribution >= 4 is 40.9 Å². The molecule has 0 fully saturated rings. The Hall–Kier alpha value is -2.02. The molecule has 0 bridgehead atoms. The summed E-state index contributed by atoms with van der Waals surface area (Å²) in [5.74, 6) is 0.509. The topological polar surface area (TPSA) is 57.0 Å². The highest BCUT2D eigenvalue weighted by Crippen LogP contribution is 2.38. The SMILES string of the molecule is CC(=O)OC(C)c1nc(C(C)C)c(Sc2cc(Cl)cc(Cl)c2)n1Cc1cccnc1. The first-order valence-electron chi connectivity index (χ1n) is 9.55. The Morgan fingerprint density at radius 3 is 2.47 bits per heavy atom. The number of ether oxygens (including phenoxy) is 1. The van der Waals surface area contributed by atoms with Gasteiger partial charge in [0, 0.05) is 34.3 Å². The minimum absolute atomic E-state index is 0.167. The van der Waals surface area contributed by atoms with Crippen LogP contribution in [0.4, 0.5) is 0 Å². The maximum atomic E-state index is 11.6. The molecular weight excluding hydrogens is 441 g/mol. The molecule has 0 aliphatic heterocycles. The standard InChI is InChI=1S/C22H23Cl2N3O2S/c1-13(2)20-22(30-19-9-17(23)8-18(24)10-19)27(12-16-6-5-7-25-11-16)21(26-20)14(3)29-15(4)28/h5-11,13-14H,12H2,1-4H3. The Kier molecular flexibility index (Phi) is 7.45. The molecule has 1 aromatic carbocycles. The lowest BCUT2D eigenvalue weighted by Gasteiger charge is -2.17. The summed E-state index contributed by atoms with van der Waals surface area (Å²) in [6.45, 7) is 7.96. The van der Waals surface area contributed by atoms with Crippen molar-refractivity contribution in [3.63, 3.8) is 0 Å². The first-order valence-corrected chi connectivity index (χ1v) is 11.1. The number of carbonyl (C=O) groups excluding carboxylic acids is 1. The van der Waals surface area contributed by atoms with Gasteiger partial charge in [0.1, 0.15) is 5.03 Å². The zero-order valence-electron chi connectivity index (χ0n) is 17.2. The number of imidazole rings is 1. The van der Waals surface area contributed by atoms with Crippen molar-refractivity contribution in [2.45, 2.75) is 56.2 Å². The summed E-state index contributed by atoms with van der Waals surface area (Å²) < 4.78 is 7.54. The van der Waals surface area contributed by atoms with E-state index in [9.17, 15) is 4.79 Å². The van der Waals surface area contributed by atoms with Crippen LogP contribution in [0.1, 0.15) is 56.8 Å². The molecule has 0 N–H and O–H groups in total. The van der Waals surface area contributed by atoms with Crippen LogP contribution >= 0.6 is 35.0 Å². The van der Waals surface area contributed by atoms with Crippen molar-refractivity contribution in [1.82, 2.24) is 14.5 Å². The molecule has 0 aliphatic carbocycles. The van der Waals surface area contributed by atoms with Crippen LogP contribution in [-0.4, -0.2) is 20.5 Å². The first-order chi connectivity index (χ1) is 14.2. The third-order valence-electron chi connectivity index (χ3n) is 4.34. The molecular formula is C22H23Cl2N3O2S. The van der Waals surface area contributed by atoms with Gasteiger partial charge in [0.25, 0.3) is 0 Å². The minimum atomic E-state index is -0.492. The highest BCUT2D eigenvalue weighted by molar-refractivity contribution is 7.99. The molecule has 2 aromatic heterocycles. The number of hydrogen-bond acceptors (Lipinski definition) is 5. The largest absolute Gasteiger partial charge is 0.455 e. The van der Waals surface area contributed by atoms with Gasteiger partial charge in [-0.3, -0.25) is 9.78 Å². The Bertz CT molecular complexity index is 1020. The molecule has 5 nitrogen and oxygen atoms in total. The van der Waals surface area contributed by atoms with Crippen LogP contribution in [0.2, 0.25) is 10.0 Å². The second-order valence-corrected chi connectivity index (χ2v) is 9.16. The van der Waals surface area contributed by atoms with E-state index in [0.717, 1.165) is 21.2 Å². The number of rotatable bonds is 7. The fraction of sp³-hybridized carbons (Fsp3) is 0.318. The second-order valence-electron chi connectivity index (χ2n) is 7.22. The van der Waals surface area contributed by atoms with Crippen LogP contribution in [0.5, 0.6) is 0 Å². The minimum Gasteiger partial charge on any atom is -0.455 e. The van der Waals surface area contributed by atoms with Gasteiger partial charge < -0.3 is 9.30 Å². The summed E-state index contributed by atoms with van der Waals surface area (Å²) in [7, 11) is 0. The summed E-state index contributed by atoms with van der Waals surface area (Å²) in [4.78, 5) is 21.6. The van der Waals surface area contributed by atoms with Gasteiger partial charge in [-0.15, -0.1) is 0 Å². The predicted molar refractivity (Wildman–Crippen MR) is 120 cm³/mol. The zero-order chi connectivity index (χ0) is 21.8. The molecule has 0 aliphatic rings. The van der Waals surface area contributed by atoms with Crippen LogP contribution in [0, 0.1) is 0 Å². The maximum absolute atomic E-state index is 11.6. The van der Waals surface area contributed by atoms with Gasteiger partial charge in [-0.25, -0.2) is 4.98 Å². The van der Waals surface area contributed by atoms with Gasteiger partial charge in [0.15, 0.2) is 11.9 Å². The van der Waals surface area contributed by atoms with Gasteiger partial charge in [-0.1, -0.05) is 54.9 Å². The van der Waals surface area contributed by atoms with E-state index >= 15 is 0 Å². The summed E-state index contributed by atoms with van der Waals surface area (Å²) in [6.07, 6.45) is 3.07. The Labute approximate surface area is 190 Å². The first kappa shape index (κ1) is 22.7. The van der Waals surface area contributed by atoms with E-state index in [-0.39, 0.29) is 11.9 Å². The van der Waals surface area contributed by atoms with Gasteiger partial charge in [0.05, 0.1) is 12.2 Å². The fourth-order valence-corrected chi connectivity index (χ4v) is 5.00. The van der Waals surface area contributed by atoms with Gasteiger partial charge >= 0.3 is 5.97 Å². The molecule has 2 heterocycles. The Morgan fingerprint density at radius 1 is 1.20 bits per heavy atom. The molecule has 8 heteroatoms. The summed E-state index contributed by atoms with van der Waals surface area (Å²) in [5.41, 5.74) is 1.95. The number of benzene rings is 1. The predicted octanol–water partition coefficient (Wildman–Crippen LogP) is 6.53. The summed E-state index contributed by atoms with van der Waals surface area (Å²) in [5, 5.41) is 2.10. The van der Waals surface area contributed by atoms with Crippen LogP contribution in [-0.2, 0) is 16.1 Å². The Morgan fingerprint density at radius 2 is 1.90 bits per heavy atom. The van der Waals surface area contributed by atoms with Crippen molar-refractivity contribution in [1.29, 1.82) is 0 Å². The molecule has 0 saturated heterocycles. The highest BCUT2D eigenvalue weighted by Gasteiger charge is 2.25. The summed E-state index contributed by atoms with van der Waals surface area (Å²) >= 11 is 14.0. The molecule has 3 aromatic rings. The number of esters is 1. The number of pyridine rings is 1. The lowest BCUT2D eigenvalue weighted by atomic mass is 10.1. The zero-order valence-corrected chi connectivity index (χ0v) is 19.6. The number of carbonyl (C=O) groups is 1. The van der Waals surface area contributed by atoms with Crippen molar-refractivity contribution in [2.24, 2.45) is 0 Å². The molecule has 0 amide bonds. The van der Waals surface area contributed by atoms with E-state index in [2.05, 4.69) is 23.4 Å². The van der Waals surface area contributed by atoms with E-state index in [0.29, 0.717) is 22.4 Å². The lowest BCUT2D eigenvalue weighted by molar-refractivity contribution is -0.146. The van der Waals surface area contributed by atoms with E-state index < -0.39 is 6.10 Å². The molecule has 3 rings (SSSR count). The van der Waals surface area contributed by atoms with Crippen LogP contribution in [0.15, 0.2) is 52.6 Å². The summed E-state index contributed by atoms with van der Waals surface area (Å²) in [6, 6.07) is 9.36. The molecule has 30 heavy (non-hydrogen) atoms. The van der Waals surface area contributed by atoms with E-state index in [4.69, 9.17) is 32.9 Å². The van der Waals surface area contributed by atoms with Crippen LogP contribution < -0.4 is 0 Å². The van der Waals surface area contributed by atoms with Crippen molar-refractivity contribution in [3.8, 4) is 0 Å². The van der Waals surface area contributed by atoms with Crippen LogP contribution in [0.25, 0.3) is 0 Å². The number of halogens is 2. The quantitative estimate of drug-likeness (QED) is 0.372. The fourth-order valence-electron chi connectivity index (χ4n) is 3.10. The monoisotopic (exact) mass is 463 g/mol. The molecule has 0 radical (unpaired) electrons. The van der Waals surface area contributed by atoms with Crippen molar-refractivity contribution in [2.75, 3.05) is 0 Å². The average Bonchev–Trinajstić information content (AvgIpc) is 3.00.